The van der Waals surface area contributed by atoms with E-state index in [4.69, 9.17) is 4.74 Å². The number of rotatable bonds is 3. The molecule has 0 radical (unpaired) electrons. The third-order valence-electron chi connectivity index (χ3n) is 2.89. The Morgan fingerprint density at radius 3 is 3.47 bits per heavy atom. The fraction of sp³-hybridized carbons (Fsp3) is 0.455. The first-order chi connectivity index (χ1) is 8.34. The second-order valence-electron chi connectivity index (χ2n) is 4.05. The van der Waals surface area contributed by atoms with Crippen molar-refractivity contribution in [2.24, 2.45) is 0 Å². The van der Waals surface area contributed by atoms with E-state index in [1.165, 1.54) is 11.3 Å². The lowest BCUT2D eigenvalue weighted by Crippen LogP contribution is -2.32. The zero-order valence-electron chi connectivity index (χ0n) is 9.26. The Kier molecular flexibility index (Phi) is 2.82. The van der Waals surface area contributed by atoms with Crippen LogP contribution in [-0.4, -0.2) is 34.5 Å². The lowest BCUT2D eigenvalue weighted by atomic mass is 10.2. The third-order valence-corrected chi connectivity index (χ3v) is 3.74. The maximum atomic E-state index is 12.0. The van der Waals surface area contributed by atoms with Crippen LogP contribution >= 0.6 is 11.3 Å². The number of carbonyl (C=O) groups is 1. The maximum Gasteiger partial charge on any atom is 0.269 e. The molecule has 1 aliphatic heterocycles. The molecule has 0 spiro atoms. The van der Waals surface area contributed by atoms with Crippen molar-refractivity contribution in [1.29, 1.82) is 0 Å². The molecule has 0 aliphatic carbocycles. The van der Waals surface area contributed by atoms with E-state index < -0.39 is 0 Å². The number of carbonyl (C=O) groups excluding carboxylic acids is 1. The highest BCUT2D eigenvalue weighted by Crippen LogP contribution is 2.15. The number of ether oxygens (including phenoxy) is 1. The van der Waals surface area contributed by atoms with Gasteiger partial charge in [0.15, 0.2) is 4.96 Å². The van der Waals surface area contributed by atoms with E-state index in [0.717, 1.165) is 24.4 Å². The van der Waals surface area contributed by atoms with Gasteiger partial charge in [0.2, 0.25) is 0 Å². The van der Waals surface area contributed by atoms with Gasteiger partial charge in [0.05, 0.1) is 6.10 Å². The van der Waals surface area contributed by atoms with Crippen LogP contribution in [0.5, 0.6) is 0 Å². The van der Waals surface area contributed by atoms with E-state index in [-0.39, 0.29) is 12.0 Å². The normalized spacial score (nSPS) is 19.9. The Balaban J connectivity index is 1.67. The molecule has 0 bridgehead atoms. The van der Waals surface area contributed by atoms with E-state index in [1.807, 2.05) is 5.38 Å². The molecule has 1 aliphatic rings. The number of imidazole rings is 1. The smallest absolute Gasteiger partial charge is 0.269 e. The summed E-state index contributed by atoms with van der Waals surface area (Å²) in [6.07, 6.45) is 5.79. The van der Waals surface area contributed by atoms with Crippen LogP contribution in [0.25, 0.3) is 4.96 Å². The molecule has 5 nitrogen and oxygen atoms in total. The molecule has 1 unspecified atom stereocenters. The van der Waals surface area contributed by atoms with Crippen molar-refractivity contribution >= 4 is 22.2 Å². The van der Waals surface area contributed by atoms with Crippen molar-refractivity contribution in [2.75, 3.05) is 13.2 Å². The van der Waals surface area contributed by atoms with Gasteiger partial charge in [0.1, 0.15) is 5.69 Å². The van der Waals surface area contributed by atoms with Gasteiger partial charge in [-0.25, -0.2) is 4.98 Å². The number of nitrogens with zero attached hydrogens (tertiary/aromatic N) is 2. The topological polar surface area (TPSA) is 55.6 Å². The molecule has 2 aromatic rings. The molecule has 0 saturated carbocycles. The van der Waals surface area contributed by atoms with Crippen LogP contribution in [-0.2, 0) is 4.74 Å². The zero-order valence-corrected chi connectivity index (χ0v) is 10.1. The van der Waals surface area contributed by atoms with Gasteiger partial charge in [-0.2, -0.15) is 0 Å². The quantitative estimate of drug-likeness (QED) is 0.894. The monoisotopic (exact) mass is 251 g/mol. The molecule has 2 aromatic heterocycles. The summed E-state index contributed by atoms with van der Waals surface area (Å²) >= 11 is 1.47. The number of aromatic nitrogens is 2. The summed E-state index contributed by atoms with van der Waals surface area (Å²) in [7, 11) is 0. The first kappa shape index (κ1) is 10.7. The van der Waals surface area contributed by atoms with Crippen LogP contribution in [0.2, 0.25) is 0 Å². The third kappa shape index (κ3) is 2.05. The van der Waals surface area contributed by atoms with Gasteiger partial charge in [-0.05, 0) is 12.8 Å². The largest absolute Gasteiger partial charge is 0.376 e. The fourth-order valence-electron chi connectivity index (χ4n) is 1.99. The summed E-state index contributed by atoms with van der Waals surface area (Å²) in [5.41, 5.74) is 0.639. The van der Waals surface area contributed by atoms with Gasteiger partial charge in [-0.3, -0.25) is 9.20 Å². The molecule has 6 heteroatoms. The van der Waals surface area contributed by atoms with Crippen LogP contribution in [0, 0.1) is 0 Å². The predicted molar refractivity (Wildman–Crippen MR) is 64.4 cm³/mol. The second kappa shape index (κ2) is 4.46. The van der Waals surface area contributed by atoms with Crippen molar-refractivity contribution in [3.63, 3.8) is 0 Å². The molecule has 1 saturated heterocycles. The summed E-state index contributed by atoms with van der Waals surface area (Å²) in [6.45, 7) is 1.40. The minimum absolute atomic E-state index is 0.0650. The van der Waals surface area contributed by atoms with E-state index in [0.29, 0.717) is 12.2 Å². The van der Waals surface area contributed by atoms with E-state index >= 15 is 0 Å². The van der Waals surface area contributed by atoms with Gasteiger partial charge in [0, 0.05) is 30.9 Å². The SMILES string of the molecule is O=C(NCC1CCCO1)c1csc2nccn12. The number of nitrogens with one attached hydrogen (secondary N) is 1. The highest BCUT2D eigenvalue weighted by Gasteiger charge is 2.18. The lowest BCUT2D eigenvalue weighted by molar-refractivity contribution is 0.0853. The van der Waals surface area contributed by atoms with Gasteiger partial charge >= 0.3 is 0 Å². The maximum absolute atomic E-state index is 12.0. The van der Waals surface area contributed by atoms with Crippen molar-refractivity contribution in [3.05, 3.63) is 23.5 Å². The minimum atomic E-state index is -0.0650. The first-order valence-electron chi connectivity index (χ1n) is 5.65. The van der Waals surface area contributed by atoms with Gasteiger partial charge in [-0.1, -0.05) is 0 Å². The summed E-state index contributed by atoms with van der Waals surface area (Å²) in [5.74, 6) is -0.0650. The molecule has 3 rings (SSSR count). The Morgan fingerprint density at radius 1 is 1.71 bits per heavy atom. The highest BCUT2D eigenvalue weighted by molar-refractivity contribution is 7.15. The Hall–Kier alpha value is -1.40. The number of fused-ring (bicyclic) bond motifs is 1. The number of amides is 1. The Bertz CT molecular complexity index is 528. The molecule has 3 heterocycles. The average Bonchev–Trinajstić information content (AvgIpc) is 3.02. The molecule has 1 fully saturated rings. The fourth-order valence-corrected chi connectivity index (χ4v) is 2.82. The summed E-state index contributed by atoms with van der Waals surface area (Å²) < 4.78 is 7.26. The van der Waals surface area contributed by atoms with Crippen molar-refractivity contribution in [3.8, 4) is 0 Å². The zero-order chi connectivity index (χ0) is 11.7. The molecule has 0 aromatic carbocycles. The molecule has 17 heavy (non-hydrogen) atoms. The van der Waals surface area contributed by atoms with Crippen LogP contribution in [0.15, 0.2) is 17.8 Å². The Labute approximate surface area is 102 Å². The molecular formula is C11H13N3O2S. The average molecular weight is 251 g/mol. The van der Waals surface area contributed by atoms with E-state index in [9.17, 15) is 4.79 Å². The highest BCUT2D eigenvalue weighted by atomic mass is 32.1. The van der Waals surface area contributed by atoms with E-state index in [1.54, 1.807) is 16.8 Å². The van der Waals surface area contributed by atoms with Gasteiger partial charge < -0.3 is 10.1 Å². The van der Waals surface area contributed by atoms with Crippen molar-refractivity contribution in [1.82, 2.24) is 14.7 Å². The Morgan fingerprint density at radius 2 is 2.65 bits per heavy atom. The summed E-state index contributed by atoms with van der Waals surface area (Å²) in [6, 6.07) is 0. The van der Waals surface area contributed by atoms with Crippen molar-refractivity contribution < 1.29 is 9.53 Å². The number of hydrogen-bond acceptors (Lipinski definition) is 4. The summed E-state index contributed by atoms with van der Waals surface area (Å²) in [5, 5.41) is 4.73. The molecular weight excluding hydrogens is 238 g/mol. The predicted octanol–water partition coefficient (Wildman–Crippen LogP) is 1.30. The molecule has 90 valence electrons. The van der Waals surface area contributed by atoms with Gasteiger partial charge in [-0.15, -0.1) is 11.3 Å². The molecule has 1 amide bonds. The summed E-state index contributed by atoms with van der Waals surface area (Å²) in [4.78, 5) is 16.9. The van der Waals surface area contributed by atoms with Crippen LogP contribution in [0.1, 0.15) is 23.3 Å². The second-order valence-corrected chi connectivity index (χ2v) is 4.88. The van der Waals surface area contributed by atoms with Gasteiger partial charge in [0.25, 0.3) is 5.91 Å². The molecule has 1 N–H and O–H groups in total. The standard InChI is InChI=1S/C11H13N3O2S/c15-10(13-6-8-2-1-5-16-8)9-7-17-11-12-3-4-14(9)11/h3-4,7-8H,1-2,5-6H2,(H,13,15). The van der Waals surface area contributed by atoms with Crippen LogP contribution < -0.4 is 5.32 Å². The molecule has 1 atom stereocenters. The number of hydrogen-bond donors (Lipinski definition) is 1. The lowest BCUT2D eigenvalue weighted by Gasteiger charge is -2.10. The van der Waals surface area contributed by atoms with E-state index in [2.05, 4.69) is 10.3 Å². The first-order valence-corrected chi connectivity index (χ1v) is 6.53. The van der Waals surface area contributed by atoms with Crippen LogP contribution in [0.3, 0.4) is 0 Å². The minimum Gasteiger partial charge on any atom is -0.376 e. The van der Waals surface area contributed by atoms with Crippen LogP contribution in [0.4, 0.5) is 0 Å². The number of thiazole rings is 1. The van der Waals surface area contributed by atoms with Crippen molar-refractivity contribution in [2.45, 2.75) is 18.9 Å².